The van der Waals surface area contributed by atoms with Gasteiger partial charge in [0.05, 0.1) is 18.1 Å². The number of hydrogen-bond donors (Lipinski definition) is 2. The largest absolute Gasteiger partial charge is 0.497 e. The van der Waals surface area contributed by atoms with Crippen molar-refractivity contribution in [3.05, 3.63) is 48.5 Å². The molecule has 2 heterocycles. The van der Waals surface area contributed by atoms with Crippen molar-refractivity contribution in [2.24, 2.45) is 5.92 Å². The molecule has 1 fully saturated rings. The van der Waals surface area contributed by atoms with Crippen LogP contribution in [0.5, 0.6) is 5.75 Å². The van der Waals surface area contributed by atoms with Gasteiger partial charge in [0.1, 0.15) is 5.75 Å². The normalized spacial score (nSPS) is 16.0. The van der Waals surface area contributed by atoms with Gasteiger partial charge in [-0.15, -0.1) is 12.4 Å². The SMILES string of the molecule is COc1ccc(-n2c(NC(=O)CCC3CCNC3)nc3ccccc32)cc1.Cl. The highest BCUT2D eigenvalue weighted by atomic mass is 35.5. The number of anilines is 1. The van der Waals surface area contributed by atoms with Crippen molar-refractivity contribution in [1.29, 1.82) is 0 Å². The number of carbonyl (C=O) groups excluding carboxylic acids is 1. The summed E-state index contributed by atoms with van der Waals surface area (Å²) in [6.07, 6.45) is 2.57. The van der Waals surface area contributed by atoms with Gasteiger partial charge < -0.3 is 10.1 Å². The van der Waals surface area contributed by atoms with Crippen molar-refractivity contribution in [2.45, 2.75) is 19.3 Å². The lowest BCUT2D eigenvalue weighted by atomic mass is 10.0. The van der Waals surface area contributed by atoms with Crippen LogP contribution in [0.3, 0.4) is 0 Å². The van der Waals surface area contributed by atoms with Gasteiger partial charge in [-0.05, 0) is 68.2 Å². The average Bonchev–Trinajstić information content (AvgIpc) is 3.34. The minimum atomic E-state index is 0. The molecule has 0 bridgehead atoms. The standard InChI is InChI=1S/C21H24N4O2.ClH/c1-27-17-9-7-16(8-10-17)25-19-5-3-2-4-18(19)23-21(25)24-20(26)11-6-15-12-13-22-14-15;/h2-5,7-10,15,22H,6,11-14H2,1H3,(H,23,24,26);1H. The highest BCUT2D eigenvalue weighted by Gasteiger charge is 2.18. The third-order valence-electron chi connectivity index (χ3n) is 5.08. The van der Waals surface area contributed by atoms with E-state index >= 15 is 0 Å². The van der Waals surface area contributed by atoms with E-state index in [0.29, 0.717) is 18.3 Å². The second-order valence-electron chi connectivity index (χ2n) is 6.90. The third kappa shape index (κ3) is 4.29. The molecule has 1 aromatic heterocycles. The Hall–Kier alpha value is -2.57. The van der Waals surface area contributed by atoms with E-state index in [1.807, 2.05) is 53.1 Å². The van der Waals surface area contributed by atoms with Gasteiger partial charge in [-0.2, -0.15) is 0 Å². The quantitative estimate of drug-likeness (QED) is 0.660. The molecule has 1 aliphatic heterocycles. The molecule has 1 amide bonds. The fourth-order valence-electron chi connectivity index (χ4n) is 3.59. The van der Waals surface area contributed by atoms with Gasteiger partial charge in [0.25, 0.3) is 0 Å². The van der Waals surface area contributed by atoms with Gasteiger partial charge in [0.2, 0.25) is 11.9 Å². The van der Waals surface area contributed by atoms with Crippen molar-refractivity contribution in [2.75, 3.05) is 25.5 Å². The molecule has 148 valence electrons. The molecule has 1 unspecified atom stereocenters. The maximum atomic E-state index is 12.5. The summed E-state index contributed by atoms with van der Waals surface area (Å²) in [5.74, 6) is 1.94. The van der Waals surface area contributed by atoms with E-state index < -0.39 is 0 Å². The van der Waals surface area contributed by atoms with Crippen LogP contribution in [-0.4, -0.2) is 35.7 Å². The van der Waals surface area contributed by atoms with E-state index in [9.17, 15) is 4.79 Å². The van der Waals surface area contributed by atoms with Crippen LogP contribution in [0.4, 0.5) is 5.95 Å². The molecule has 0 saturated carbocycles. The molecule has 28 heavy (non-hydrogen) atoms. The number of fused-ring (bicyclic) bond motifs is 1. The Bertz CT molecular complexity index is 933. The number of para-hydroxylation sites is 2. The molecule has 7 heteroatoms. The maximum absolute atomic E-state index is 12.5. The fourth-order valence-corrected chi connectivity index (χ4v) is 3.59. The minimum Gasteiger partial charge on any atom is -0.497 e. The van der Waals surface area contributed by atoms with Crippen LogP contribution in [0, 0.1) is 5.92 Å². The third-order valence-corrected chi connectivity index (χ3v) is 5.08. The number of nitrogens with one attached hydrogen (secondary N) is 2. The first-order valence-corrected chi connectivity index (χ1v) is 9.37. The Morgan fingerprint density at radius 2 is 2.04 bits per heavy atom. The zero-order valence-electron chi connectivity index (χ0n) is 15.9. The van der Waals surface area contributed by atoms with Gasteiger partial charge in [0.15, 0.2) is 0 Å². The van der Waals surface area contributed by atoms with Gasteiger partial charge in [0, 0.05) is 12.1 Å². The van der Waals surface area contributed by atoms with Crippen LogP contribution in [0.25, 0.3) is 16.7 Å². The lowest BCUT2D eigenvalue weighted by Crippen LogP contribution is -2.17. The molecule has 1 saturated heterocycles. The van der Waals surface area contributed by atoms with Gasteiger partial charge in [-0.1, -0.05) is 12.1 Å². The van der Waals surface area contributed by atoms with E-state index in [1.165, 1.54) is 0 Å². The van der Waals surface area contributed by atoms with Crippen molar-refractivity contribution in [3.8, 4) is 11.4 Å². The molecule has 6 nitrogen and oxygen atoms in total. The zero-order valence-corrected chi connectivity index (χ0v) is 16.7. The Labute approximate surface area is 170 Å². The number of benzene rings is 2. The van der Waals surface area contributed by atoms with Crippen molar-refractivity contribution >= 4 is 35.3 Å². The van der Waals surface area contributed by atoms with Gasteiger partial charge >= 0.3 is 0 Å². The lowest BCUT2D eigenvalue weighted by molar-refractivity contribution is -0.116. The maximum Gasteiger partial charge on any atom is 0.226 e. The van der Waals surface area contributed by atoms with E-state index in [-0.39, 0.29) is 18.3 Å². The number of halogens is 1. The Kier molecular flexibility index (Phi) is 6.54. The molecule has 2 N–H and O–H groups in total. The monoisotopic (exact) mass is 400 g/mol. The predicted octanol–water partition coefficient (Wildman–Crippen LogP) is 3.78. The summed E-state index contributed by atoms with van der Waals surface area (Å²) in [5.41, 5.74) is 2.74. The topological polar surface area (TPSA) is 68.2 Å². The minimum absolute atomic E-state index is 0. The lowest BCUT2D eigenvalue weighted by Gasteiger charge is -2.12. The second-order valence-corrected chi connectivity index (χ2v) is 6.90. The van der Waals surface area contributed by atoms with E-state index in [1.54, 1.807) is 7.11 Å². The molecule has 4 rings (SSSR count). The first kappa shape index (κ1) is 20.2. The number of methoxy groups -OCH3 is 1. The van der Waals surface area contributed by atoms with Crippen LogP contribution in [0.15, 0.2) is 48.5 Å². The molecule has 1 atom stereocenters. The fraction of sp³-hybridized carbons (Fsp3) is 0.333. The van der Waals surface area contributed by atoms with Crippen molar-refractivity contribution < 1.29 is 9.53 Å². The second kappa shape index (κ2) is 9.08. The van der Waals surface area contributed by atoms with E-state index in [4.69, 9.17) is 4.74 Å². The number of rotatable bonds is 6. The number of ether oxygens (including phenoxy) is 1. The predicted molar refractivity (Wildman–Crippen MR) is 114 cm³/mol. The number of hydrogen-bond acceptors (Lipinski definition) is 4. The van der Waals surface area contributed by atoms with Crippen LogP contribution in [-0.2, 0) is 4.79 Å². The van der Waals surface area contributed by atoms with E-state index in [0.717, 1.165) is 48.4 Å². The summed E-state index contributed by atoms with van der Waals surface area (Å²) in [7, 11) is 1.65. The van der Waals surface area contributed by atoms with Crippen LogP contribution >= 0.6 is 12.4 Å². The smallest absolute Gasteiger partial charge is 0.226 e. The summed E-state index contributed by atoms with van der Waals surface area (Å²) < 4.78 is 7.23. The van der Waals surface area contributed by atoms with Crippen molar-refractivity contribution in [3.63, 3.8) is 0 Å². The molecule has 0 spiro atoms. The summed E-state index contributed by atoms with van der Waals surface area (Å²) in [6.45, 7) is 2.07. The molecule has 0 radical (unpaired) electrons. The average molecular weight is 401 g/mol. The summed E-state index contributed by atoms with van der Waals surface area (Å²) in [4.78, 5) is 17.2. The van der Waals surface area contributed by atoms with Crippen molar-refractivity contribution in [1.82, 2.24) is 14.9 Å². The first-order chi connectivity index (χ1) is 13.2. The number of amides is 1. The molecule has 3 aromatic rings. The van der Waals surface area contributed by atoms with E-state index in [2.05, 4.69) is 15.6 Å². The molecule has 2 aromatic carbocycles. The molecule has 0 aliphatic carbocycles. The Morgan fingerprint density at radius 1 is 1.25 bits per heavy atom. The van der Waals surface area contributed by atoms with Crippen LogP contribution < -0.4 is 15.4 Å². The first-order valence-electron chi connectivity index (χ1n) is 9.37. The van der Waals surface area contributed by atoms with Gasteiger partial charge in [-0.25, -0.2) is 4.98 Å². The number of nitrogens with zero attached hydrogens (tertiary/aromatic N) is 2. The molecular formula is C21H25ClN4O2. The molecule has 1 aliphatic rings. The molecular weight excluding hydrogens is 376 g/mol. The summed E-state index contributed by atoms with van der Waals surface area (Å²) in [5, 5.41) is 6.36. The zero-order chi connectivity index (χ0) is 18.6. The summed E-state index contributed by atoms with van der Waals surface area (Å²) in [6, 6.07) is 15.6. The van der Waals surface area contributed by atoms with Crippen LogP contribution in [0.1, 0.15) is 19.3 Å². The number of imidazole rings is 1. The Morgan fingerprint density at radius 3 is 2.75 bits per heavy atom. The number of carbonyl (C=O) groups is 1. The number of aromatic nitrogens is 2. The highest BCUT2D eigenvalue weighted by Crippen LogP contribution is 2.26. The van der Waals surface area contributed by atoms with Gasteiger partial charge in [-0.3, -0.25) is 14.7 Å². The summed E-state index contributed by atoms with van der Waals surface area (Å²) >= 11 is 0. The highest BCUT2D eigenvalue weighted by molar-refractivity contribution is 5.92. The van der Waals surface area contributed by atoms with Crippen LogP contribution in [0.2, 0.25) is 0 Å². The Balaban J connectivity index is 0.00000225.